The van der Waals surface area contributed by atoms with Gasteiger partial charge in [0.2, 0.25) is 5.91 Å². The van der Waals surface area contributed by atoms with Crippen molar-refractivity contribution in [2.75, 3.05) is 11.9 Å². The van der Waals surface area contributed by atoms with E-state index < -0.39 is 29.6 Å². The average Bonchev–Trinajstić information content (AvgIpc) is 2.55. The van der Waals surface area contributed by atoms with Crippen LogP contribution < -0.4 is 10.6 Å². The Morgan fingerprint density at radius 2 is 2.15 bits per heavy atom. The van der Waals surface area contributed by atoms with E-state index in [0.717, 1.165) is 0 Å². The lowest BCUT2D eigenvalue weighted by molar-refractivity contribution is -0.122. The van der Waals surface area contributed by atoms with Crippen molar-refractivity contribution in [3.05, 3.63) is 58.9 Å². The van der Waals surface area contributed by atoms with Gasteiger partial charge >= 0.3 is 6.03 Å². The van der Waals surface area contributed by atoms with Crippen LogP contribution in [0.2, 0.25) is 0 Å². The number of nitrogens with zero attached hydrogens (tertiary/aromatic N) is 2. The van der Waals surface area contributed by atoms with Gasteiger partial charge in [-0.15, -0.1) is 0 Å². The lowest BCUT2D eigenvalue weighted by Crippen LogP contribution is -2.45. The number of anilines is 1. The quantitative estimate of drug-likeness (QED) is 0.880. The molecule has 6 nitrogen and oxygen atoms in total. The van der Waals surface area contributed by atoms with Crippen LogP contribution in [0.15, 0.2) is 30.5 Å². The van der Waals surface area contributed by atoms with Gasteiger partial charge in [-0.3, -0.25) is 9.78 Å². The highest BCUT2D eigenvalue weighted by atomic mass is 19.1. The molecule has 1 atom stereocenters. The zero-order chi connectivity index (χ0) is 18.8. The highest BCUT2D eigenvalue weighted by Gasteiger charge is 2.25. The number of fused-ring (bicyclic) bond motifs is 1. The standard InChI is InChI=1S/C18H18F2N4O2/c1-10-5-14(20)17(21-7-10)11(2)22-16(25)9-24-8-12-6-13(19)3-4-15(12)23-18(24)26/h3-7,11H,8-9H2,1-2H3,(H,22,25)(H,23,26)/t11-/m0/s1. The number of carbonyl (C=O) groups excluding carboxylic acids is 2. The second-order valence-electron chi connectivity index (χ2n) is 6.26. The molecule has 136 valence electrons. The Labute approximate surface area is 149 Å². The van der Waals surface area contributed by atoms with Crippen molar-refractivity contribution < 1.29 is 18.4 Å². The van der Waals surface area contributed by atoms with E-state index in [1.165, 1.54) is 35.4 Å². The number of rotatable bonds is 4. The first kappa shape index (κ1) is 17.8. The molecule has 2 N–H and O–H groups in total. The van der Waals surface area contributed by atoms with E-state index in [4.69, 9.17) is 0 Å². The van der Waals surface area contributed by atoms with Gasteiger partial charge in [0.1, 0.15) is 18.2 Å². The van der Waals surface area contributed by atoms with Gasteiger partial charge in [-0.05, 0) is 49.2 Å². The fourth-order valence-electron chi connectivity index (χ4n) is 2.81. The van der Waals surface area contributed by atoms with E-state index in [1.807, 2.05) is 0 Å². The number of aryl methyl sites for hydroxylation is 1. The first-order chi connectivity index (χ1) is 12.3. The number of hydrogen-bond acceptors (Lipinski definition) is 3. The number of urea groups is 1. The number of benzene rings is 1. The summed E-state index contributed by atoms with van der Waals surface area (Å²) >= 11 is 0. The maximum atomic E-state index is 14.0. The van der Waals surface area contributed by atoms with Gasteiger partial charge in [0.05, 0.1) is 18.3 Å². The van der Waals surface area contributed by atoms with E-state index in [0.29, 0.717) is 16.8 Å². The van der Waals surface area contributed by atoms with Crippen molar-refractivity contribution in [2.45, 2.75) is 26.4 Å². The van der Waals surface area contributed by atoms with Gasteiger partial charge in [0.15, 0.2) is 0 Å². The smallest absolute Gasteiger partial charge is 0.322 e. The minimum Gasteiger partial charge on any atom is -0.346 e. The monoisotopic (exact) mass is 360 g/mol. The first-order valence-corrected chi connectivity index (χ1v) is 8.09. The summed E-state index contributed by atoms with van der Waals surface area (Å²) < 4.78 is 27.3. The lowest BCUT2D eigenvalue weighted by Gasteiger charge is -2.29. The highest BCUT2D eigenvalue weighted by Crippen LogP contribution is 2.24. The van der Waals surface area contributed by atoms with Gasteiger partial charge in [0, 0.05) is 11.9 Å². The fourth-order valence-corrected chi connectivity index (χ4v) is 2.81. The van der Waals surface area contributed by atoms with E-state index in [-0.39, 0.29) is 18.8 Å². The summed E-state index contributed by atoms with van der Waals surface area (Å²) in [5.41, 5.74) is 1.91. The van der Waals surface area contributed by atoms with E-state index in [9.17, 15) is 18.4 Å². The van der Waals surface area contributed by atoms with Crippen LogP contribution in [0.1, 0.15) is 29.8 Å². The summed E-state index contributed by atoms with van der Waals surface area (Å²) in [5, 5.41) is 5.23. The number of halogens is 2. The Kier molecular flexibility index (Phi) is 4.83. The number of hydrogen-bond donors (Lipinski definition) is 2. The molecule has 0 bridgehead atoms. The van der Waals surface area contributed by atoms with Crippen molar-refractivity contribution in [3.8, 4) is 0 Å². The number of amides is 3. The van der Waals surface area contributed by atoms with Crippen LogP contribution in [0.4, 0.5) is 19.3 Å². The van der Waals surface area contributed by atoms with Crippen molar-refractivity contribution >= 4 is 17.6 Å². The third-order valence-corrected chi connectivity index (χ3v) is 4.09. The molecular weight excluding hydrogens is 342 g/mol. The molecule has 1 aliphatic rings. The van der Waals surface area contributed by atoms with Crippen molar-refractivity contribution in [3.63, 3.8) is 0 Å². The van der Waals surface area contributed by atoms with Crippen LogP contribution in [-0.4, -0.2) is 28.4 Å². The Morgan fingerprint density at radius 3 is 2.88 bits per heavy atom. The molecule has 26 heavy (non-hydrogen) atoms. The Hall–Kier alpha value is -3.03. The molecule has 8 heteroatoms. The summed E-state index contributed by atoms with van der Waals surface area (Å²) in [5.74, 6) is -1.38. The average molecular weight is 360 g/mol. The third-order valence-electron chi connectivity index (χ3n) is 4.09. The minimum absolute atomic E-state index is 0.109. The molecule has 0 spiro atoms. The molecule has 1 aliphatic heterocycles. The molecule has 0 radical (unpaired) electrons. The van der Waals surface area contributed by atoms with Gasteiger partial charge in [0.25, 0.3) is 0 Å². The number of carbonyl (C=O) groups is 2. The van der Waals surface area contributed by atoms with Crippen molar-refractivity contribution in [1.82, 2.24) is 15.2 Å². The zero-order valence-corrected chi connectivity index (χ0v) is 14.3. The highest BCUT2D eigenvalue weighted by molar-refractivity contribution is 5.94. The second kappa shape index (κ2) is 7.07. The molecule has 0 saturated carbocycles. The van der Waals surface area contributed by atoms with Crippen molar-refractivity contribution in [2.24, 2.45) is 0 Å². The molecule has 0 fully saturated rings. The molecule has 3 rings (SSSR count). The van der Waals surface area contributed by atoms with Gasteiger partial charge in [-0.25, -0.2) is 13.6 Å². The summed E-state index contributed by atoms with van der Waals surface area (Å²) in [6, 6.07) is 4.29. The maximum absolute atomic E-state index is 14.0. The van der Waals surface area contributed by atoms with Gasteiger partial charge in [-0.2, -0.15) is 0 Å². The van der Waals surface area contributed by atoms with Crippen LogP contribution in [0.5, 0.6) is 0 Å². The topological polar surface area (TPSA) is 74.3 Å². The SMILES string of the molecule is Cc1cnc([C@H](C)NC(=O)CN2Cc3cc(F)ccc3NC2=O)c(F)c1. The Balaban J connectivity index is 1.65. The maximum Gasteiger partial charge on any atom is 0.322 e. The molecule has 1 aromatic heterocycles. The zero-order valence-electron chi connectivity index (χ0n) is 14.3. The molecule has 0 saturated heterocycles. The van der Waals surface area contributed by atoms with Crippen LogP contribution in [0, 0.1) is 18.6 Å². The number of pyridine rings is 1. The largest absolute Gasteiger partial charge is 0.346 e. The lowest BCUT2D eigenvalue weighted by atomic mass is 10.1. The fraction of sp³-hybridized carbons (Fsp3) is 0.278. The summed E-state index contributed by atoms with van der Waals surface area (Å²) in [6.45, 7) is 3.20. The molecule has 3 amide bonds. The summed E-state index contributed by atoms with van der Waals surface area (Å²) in [4.78, 5) is 29.6. The van der Waals surface area contributed by atoms with Crippen LogP contribution in [0.25, 0.3) is 0 Å². The van der Waals surface area contributed by atoms with Gasteiger partial charge < -0.3 is 15.5 Å². The summed E-state index contributed by atoms with van der Waals surface area (Å²) in [6.07, 6.45) is 1.52. The van der Waals surface area contributed by atoms with Crippen molar-refractivity contribution in [1.29, 1.82) is 0 Å². The van der Waals surface area contributed by atoms with Crippen LogP contribution in [-0.2, 0) is 11.3 Å². The first-order valence-electron chi connectivity index (χ1n) is 8.09. The van der Waals surface area contributed by atoms with E-state index in [2.05, 4.69) is 15.6 Å². The molecule has 2 heterocycles. The van der Waals surface area contributed by atoms with Crippen LogP contribution in [0.3, 0.4) is 0 Å². The predicted octanol–water partition coefficient (Wildman–Crippen LogP) is 2.89. The molecule has 0 aliphatic carbocycles. The normalized spacial score (nSPS) is 14.5. The molecule has 2 aromatic rings. The van der Waals surface area contributed by atoms with Gasteiger partial charge in [-0.1, -0.05) is 0 Å². The molecular formula is C18H18F2N4O2. The summed E-state index contributed by atoms with van der Waals surface area (Å²) in [7, 11) is 0. The van der Waals surface area contributed by atoms with Crippen LogP contribution >= 0.6 is 0 Å². The van der Waals surface area contributed by atoms with E-state index >= 15 is 0 Å². The molecule has 0 unspecified atom stereocenters. The van der Waals surface area contributed by atoms with E-state index in [1.54, 1.807) is 13.8 Å². The third kappa shape index (κ3) is 3.79. The Morgan fingerprint density at radius 1 is 1.38 bits per heavy atom. The number of aromatic nitrogens is 1. The second-order valence-corrected chi connectivity index (χ2v) is 6.26. The minimum atomic E-state index is -0.652. The predicted molar refractivity (Wildman–Crippen MR) is 91.3 cm³/mol. The number of nitrogens with one attached hydrogen (secondary N) is 2. The molecule has 1 aromatic carbocycles. The Bertz CT molecular complexity index is 872.